The molecule has 0 saturated heterocycles. The lowest BCUT2D eigenvalue weighted by Crippen LogP contribution is -2.12. The molecule has 2 aromatic carbocycles. The van der Waals surface area contributed by atoms with E-state index in [9.17, 15) is 17.6 Å². The number of aryl methyl sites for hydroxylation is 2. The fourth-order valence-electron chi connectivity index (χ4n) is 4.80. The minimum Gasteiger partial charge on any atom is -0.324 e. The summed E-state index contributed by atoms with van der Waals surface area (Å²) in [6.07, 6.45) is 10.2. The number of halogens is 4. The molecule has 2 heterocycles. The summed E-state index contributed by atoms with van der Waals surface area (Å²) in [7, 11) is 0. The number of fused-ring (bicyclic) bond motifs is 1. The first kappa shape index (κ1) is 25.9. The summed E-state index contributed by atoms with van der Waals surface area (Å²) in [4.78, 5) is 8.20. The van der Waals surface area contributed by atoms with Crippen LogP contribution < -0.4 is 0 Å². The molecule has 1 aliphatic carbocycles. The lowest BCUT2D eigenvalue weighted by Gasteiger charge is -2.18. The zero-order chi connectivity index (χ0) is 25.7. The van der Waals surface area contributed by atoms with Gasteiger partial charge in [0.2, 0.25) is 0 Å². The first-order chi connectivity index (χ1) is 17.4. The Morgan fingerprint density at radius 1 is 0.861 bits per heavy atom. The Kier molecular flexibility index (Phi) is 8.39. The summed E-state index contributed by atoms with van der Waals surface area (Å²) in [5.41, 5.74) is 3.57. The molecule has 0 unspecified atom stereocenters. The quantitative estimate of drug-likeness (QED) is 0.207. The molecular formula is C29H35F4N3. The Balaban J connectivity index is 0.000000361. The van der Waals surface area contributed by atoms with Crippen LogP contribution in [0.25, 0.3) is 22.4 Å². The van der Waals surface area contributed by atoms with Gasteiger partial charge in [-0.15, -0.1) is 0 Å². The average molecular weight is 502 g/mol. The van der Waals surface area contributed by atoms with E-state index in [4.69, 9.17) is 0 Å². The van der Waals surface area contributed by atoms with Crippen LogP contribution in [0, 0.1) is 36.1 Å². The van der Waals surface area contributed by atoms with Crippen LogP contribution in [0.1, 0.15) is 59.4 Å². The lowest BCUT2D eigenvalue weighted by molar-refractivity contribution is 0.401. The van der Waals surface area contributed by atoms with Gasteiger partial charge in [-0.05, 0) is 67.5 Å². The Hall–Kier alpha value is -3.22. The Labute approximate surface area is 212 Å². The SMILES string of the molecule is CCc1ccc(F)c(F)c1.Cc1ccc2nc(-c3c(F)cncc3F)n(CC3CCCCCC3)c2c1.[HH].[HH]. The van der Waals surface area contributed by atoms with Crippen molar-refractivity contribution in [3.8, 4) is 11.4 Å². The van der Waals surface area contributed by atoms with Crippen molar-refractivity contribution in [3.05, 3.63) is 83.2 Å². The molecule has 1 fully saturated rings. The Morgan fingerprint density at radius 3 is 2.19 bits per heavy atom. The van der Waals surface area contributed by atoms with Gasteiger partial charge in [-0.1, -0.05) is 44.7 Å². The van der Waals surface area contributed by atoms with Crippen LogP contribution in [0.3, 0.4) is 0 Å². The van der Waals surface area contributed by atoms with Crippen molar-refractivity contribution < 1.29 is 20.4 Å². The highest BCUT2D eigenvalue weighted by molar-refractivity contribution is 5.81. The maximum absolute atomic E-state index is 14.4. The number of benzene rings is 2. The molecule has 194 valence electrons. The van der Waals surface area contributed by atoms with Crippen molar-refractivity contribution in [2.45, 2.75) is 65.3 Å². The van der Waals surface area contributed by atoms with Crippen LogP contribution in [-0.4, -0.2) is 14.5 Å². The summed E-state index contributed by atoms with van der Waals surface area (Å²) in [6, 6.07) is 9.91. The van der Waals surface area contributed by atoms with Gasteiger partial charge in [-0.25, -0.2) is 22.5 Å². The van der Waals surface area contributed by atoms with E-state index in [2.05, 4.69) is 16.0 Å². The Bertz CT molecular complexity index is 1310. The van der Waals surface area contributed by atoms with Gasteiger partial charge >= 0.3 is 0 Å². The highest BCUT2D eigenvalue weighted by atomic mass is 19.2. The van der Waals surface area contributed by atoms with Gasteiger partial charge < -0.3 is 4.57 Å². The smallest absolute Gasteiger partial charge is 0.159 e. The van der Waals surface area contributed by atoms with Crippen LogP contribution in [0.4, 0.5) is 17.6 Å². The number of pyridine rings is 1. The van der Waals surface area contributed by atoms with Crippen molar-refractivity contribution in [1.29, 1.82) is 0 Å². The van der Waals surface area contributed by atoms with Gasteiger partial charge in [0.25, 0.3) is 0 Å². The van der Waals surface area contributed by atoms with Crippen LogP contribution in [-0.2, 0) is 13.0 Å². The molecule has 5 rings (SSSR count). The van der Waals surface area contributed by atoms with E-state index in [-0.39, 0.29) is 8.42 Å². The highest BCUT2D eigenvalue weighted by Crippen LogP contribution is 2.32. The molecule has 7 heteroatoms. The maximum atomic E-state index is 14.4. The largest absolute Gasteiger partial charge is 0.324 e. The molecule has 1 aliphatic rings. The van der Waals surface area contributed by atoms with Crippen LogP contribution in [0.5, 0.6) is 0 Å². The van der Waals surface area contributed by atoms with Crippen LogP contribution in [0.2, 0.25) is 0 Å². The number of nitrogens with zero attached hydrogens (tertiary/aromatic N) is 3. The molecule has 3 nitrogen and oxygen atoms in total. The van der Waals surface area contributed by atoms with Gasteiger partial charge in [-0.3, -0.25) is 4.98 Å². The molecular weight excluding hydrogens is 466 g/mol. The molecule has 1 saturated carbocycles. The van der Waals surface area contributed by atoms with Gasteiger partial charge in [0.05, 0.1) is 29.0 Å². The molecule has 0 atom stereocenters. The van der Waals surface area contributed by atoms with Gasteiger partial charge in [0, 0.05) is 9.40 Å². The second kappa shape index (κ2) is 11.7. The van der Waals surface area contributed by atoms with Crippen LogP contribution >= 0.6 is 0 Å². The molecule has 36 heavy (non-hydrogen) atoms. The number of aromatic nitrogens is 3. The van der Waals surface area contributed by atoms with E-state index in [1.54, 1.807) is 6.07 Å². The minimum atomic E-state index is -0.780. The van der Waals surface area contributed by atoms with Gasteiger partial charge in [-0.2, -0.15) is 0 Å². The topological polar surface area (TPSA) is 30.7 Å². The van der Waals surface area contributed by atoms with Crippen molar-refractivity contribution in [2.24, 2.45) is 5.92 Å². The Morgan fingerprint density at radius 2 is 1.56 bits per heavy atom. The summed E-state index contributed by atoms with van der Waals surface area (Å²) in [5.74, 6) is -2.00. The summed E-state index contributed by atoms with van der Waals surface area (Å²) in [5, 5.41) is 0. The van der Waals surface area contributed by atoms with Crippen molar-refractivity contribution in [1.82, 2.24) is 14.5 Å². The predicted octanol–water partition coefficient (Wildman–Crippen LogP) is 8.67. The fourth-order valence-corrected chi connectivity index (χ4v) is 4.80. The van der Waals surface area contributed by atoms with E-state index >= 15 is 0 Å². The van der Waals surface area contributed by atoms with E-state index in [0.29, 0.717) is 11.7 Å². The third-order valence-electron chi connectivity index (χ3n) is 6.79. The monoisotopic (exact) mass is 501 g/mol. The second-order valence-corrected chi connectivity index (χ2v) is 9.48. The van der Waals surface area contributed by atoms with E-state index < -0.39 is 23.3 Å². The molecule has 4 aromatic rings. The number of hydrogen-bond acceptors (Lipinski definition) is 2. The standard InChI is InChI=1S/C21H23F2N3.C8H8F2.2H2/c1-14-8-9-18-19(10-14)26(13-15-6-4-2-3-5-7-15)21(25-18)20-16(22)11-24-12-17(20)23;1-2-6-3-4-7(9)8(10)5-6;;/h8-12,15H,2-7,13H2,1H3;3-5H,2H2,1H3;2*1H. The lowest BCUT2D eigenvalue weighted by atomic mass is 10.00. The third-order valence-corrected chi connectivity index (χ3v) is 6.79. The first-order valence-corrected chi connectivity index (χ1v) is 12.6. The molecule has 0 bridgehead atoms. The van der Waals surface area contributed by atoms with Crippen molar-refractivity contribution in [3.63, 3.8) is 0 Å². The summed E-state index contributed by atoms with van der Waals surface area (Å²) in [6.45, 7) is 4.67. The predicted molar refractivity (Wildman–Crippen MR) is 139 cm³/mol. The van der Waals surface area contributed by atoms with Gasteiger partial charge in [0.15, 0.2) is 23.3 Å². The maximum Gasteiger partial charge on any atom is 0.159 e. The number of imidazole rings is 1. The van der Waals surface area contributed by atoms with E-state index in [1.807, 2.05) is 30.5 Å². The zero-order valence-corrected chi connectivity index (χ0v) is 20.7. The average Bonchev–Trinajstić information content (AvgIpc) is 3.01. The minimum absolute atomic E-state index is 0. The number of hydrogen-bond donors (Lipinski definition) is 0. The van der Waals surface area contributed by atoms with Crippen molar-refractivity contribution in [2.75, 3.05) is 0 Å². The number of rotatable bonds is 4. The highest BCUT2D eigenvalue weighted by Gasteiger charge is 2.22. The van der Waals surface area contributed by atoms with E-state index in [1.165, 1.54) is 31.7 Å². The second-order valence-electron chi connectivity index (χ2n) is 9.48. The zero-order valence-electron chi connectivity index (χ0n) is 20.7. The normalized spacial score (nSPS) is 14.4. The first-order valence-electron chi connectivity index (χ1n) is 12.6. The molecule has 0 amide bonds. The molecule has 0 aliphatic heterocycles. The molecule has 2 aromatic heterocycles. The fraction of sp³-hybridized carbons (Fsp3) is 0.379. The van der Waals surface area contributed by atoms with E-state index in [0.717, 1.165) is 66.4 Å². The molecule has 0 spiro atoms. The van der Waals surface area contributed by atoms with Crippen LogP contribution in [0.15, 0.2) is 48.8 Å². The van der Waals surface area contributed by atoms with Crippen molar-refractivity contribution >= 4 is 11.0 Å². The molecule has 0 N–H and O–H groups in total. The van der Waals surface area contributed by atoms with Gasteiger partial charge in [0.1, 0.15) is 5.82 Å². The third kappa shape index (κ3) is 5.94. The summed E-state index contributed by atoms with van der Waals surface area (Å²) < 4.78 is 55.5. The summed E-state index contributed by atoms with van der Waals surface area (Å²) >= 11 is 0. The molecule has 0 radical (unpaired) electrons.